The zero-order valence-electron chi connectivity index (χ0n) is 8.20. The first-order chi connectivity index (χ1) is 7.27. The largest absolute Gasteiger partial charge is 0.368 e. The standard InChI is InChI=1S/C11H12BrNO2/c12-8-4-1-2-5-9(8)13-11(14)10-6-3-7-15-10/h1-2,4-5,10H,3,6-7H2,(H,13,14)/t10-/m1/s1. The highest BCUT2D eigenvalue weighted by atomic mass is 79.9. The minimum Gasteiger partial charge on any atom is -0.368 e. The molecule has 3 nitrogen and oxygen atoms in total. The summed E-state index contributed by atoms with van der Waals surface area (Å²) in [6, 6.07) is 7.55. The molecule has 80 valence electrons. The van der Waals surface area contributed by atoms with E-state index in [0.29, 0.717) is 6.61 Å². The molecule has 1 fully saturated rings. The maximum atomic E-state index is 11.7. The Bertz CT molecular complexity index is 361. The second kappa shape index (κ2) is 4.77. The van der Waals surface area contributed by atoms with Gasteiger partial charge in [-0.3, -0.25) is 4.79 Å². The Morgan fingerprint density at radius 1 is 1.47 bits per heavy atom. The van der Waals surface area contributed by atoms with Crippen LogP contribution in [0.1, 0.15) is 12.8 Å². The number of carbonyl (C=O) groups is 1. The van der Waals surface area contributed by atoms with Crippen molar-refractivity contribution < 1.29 is 9.53 Å². The Kier molecular flexibility index (Phi) is 3.38. The number of hydrogen-bond acceptors (Lipinski definition) is 2. The third-order valence-corrected chi connectivity index (χ3v) is 3.05. The molecule has 4 heteroatoms. The van der Waals surface area contributed by atoms with Crippen molar-refractivity contribution in [2.45, 2.75) is 18.9 Å². The van der Waals surface area contributed by atoms with Crippen LogP contribution in [0, 0.1) is 0 Å². The average Bonchev–Trinajstić information content (AvgIpc) is 2.74. The lowest BCUT2D eigenvalue weighted by Crippen LogP contribution is -2.26. The fourth-order valence-corrected chi connectivity index (χ4v) is 1.94. The van der Waals surface area contributed by atoms with E-state index in [2.05, 4.69) is 21.2 Å². The van der Waals surface area contributed by atoms with Crippen LogP contribution in [0.15, 0.2) is 28.7 Å². The summed E-state index contributed by atoms with van der Waals surface area (Å²) in [5.74, 6) is -0.0561. The van der Waals surface area contributed by atoms with Gasteiger partial charge in [0.15, 0.2) is 0 Å². The lowest BCUT2D eigenvalue weighted by atomic mass is 10.2. The fourth-order valence-electron chi connectivity index (χ4n) is 1.56. The van der Waals surface area contributed by atoms with Crippen LogP contribution < -0.4 is 5.32 Å². The number of anilines is 1. The molecule has 0 spiro atoms. The molecule has 0 saturated carbocycles. The normalized spacial score (nSPS) is 20.2. The number of benzene rings is 1. The van der Waals surface area contributed by atoms with Crippen LogP contribution in [0.2, 0.25) is 0 Å². The van der Waals surface area contributed by atoms with Crippen LogP contribution >= 0.6 is 15.9 Å². The Morgan fingerprint density at radius 3 is 2.93 bits per heavy atom. The number of rotatable bonds is 2. The monoisotopic (exact) mass is 269 g/mol. The molecule has 1 amide bonds. The summed E-state index contributed by atoms with van der Waals surface area (Å²) in [5.41, 5.74) is 0.790. The molecule has 1 heterocycles. The predicted molar refractivity (Wildman–Crippen MR) is 61.7 cm³/mol. The zero-order chi connectivity index (χ0) is 10.7. The van der Waals surface area contributed by atoms with Crippen molar-refractivity contribution in [3.05, 3.63) is 28.7 Å². The lowest BCUT2D eigenvalue weighted by Gasteiger charge is -2.11. The van der Waals surface area contributed by atoms with Gasteiger partial charge in [-0.25, -0.2) is 0 Å². The van der Waals surface area contributed by atoms with Crippen LogP contribution in [-0.4, -0.2) is 18.6 Å². The molecule has 1 saturated heterocycles. The molecule has 15 heavy (non-hydrogen) atoms. The fraction of sp³-hybridized carbons (Fsp3) is 0.364. The minimum absolute atomic E-state index is 0.0561. The van der Waals surface area contributed by atoms with Gasteiger partial charge in [-0.05, 0) is 40.9 Å². The van der Waals surface area contributed by atoms with Crippen molar-refractivity contribution in [2.24, 2.45) is 0 Å². The first-order valence-electron chi connectivity index (χ1n) is 4.94. The highest BCUT2D eigenvalue weighted by Gasteiger charge is 2.23. The highest BCUT2D eigenvalue weighted by molar-refractivity contribution is 9.10. The van der Waals surface area contributed by atoms with Crippen molar-refractivity contribution in [3.63, 3.8) is 0 Å². The molecular formula is C11H12BrNO2. The van der Waals surface area contributed by atoms with E-state index < -0.39 is 0 Å². The molecule has 1 aromatic carbocycles. The van der Waals surface area contributed by atoms with Gasteiger partial charge in [-0.15, -0.1) is 0 Å². The van der Waals surface area contributed by atoms with Gasteiger partial charge in [0.1, 0.15) is 6.10 Å². The van der Waals surface area contributed by atoms with Gasteiger partial charge in [0.05, 0.1) is 5.69 Å². The Labute approximate surface area is 96.9 Å². The van der Waals surface area contributed by atoms with Gasteiger partial charge in [0.25, 0.3) is 5.91 Å². The van der Waals surface area contributed by atoms with E-state index in [1.807, 2.05) is 24.3 Å². The molecule has 1 aromatic rings. The van der Waals surface area contributed by atoms with E-state index in [1.54, 1.807) is 0 Å². The maximum absolute atomic E-state index is 11.7. The molecule has 0 unspecified atom stereocenters. The number of amides is 1. The molecule has 0 aromatic heterocycles. The molecule has 1 aliphatic heterocycles. The number of halogens is 1. The number of nitrogens with one attached hydrogen (secondary N) is 1. The number of hydrogen-bond donors (Lipinski definition) is 1. The van der Waals surface area contributed by atoms with Crippen LogP contribution in [-0.2, 0) is 9.53 Å². The Hall–Kier alpha value is -0.870. The average molecular weight is 270 g/mol. The molecule has 1 N–H and O–H groups in total. The third-order valence-electron chi connectivity index (χ3n) is 2.35. The van der Waals surface area contributed by atoms with Gasteiger partial charge in [0, 0.05) is 11.1 Å². The smallest absolute Gasteiger partial charge is 0.253 e. The van der Waals surface area contributed by atoms with Crippen molar-refractivity contribution in [1.29, 1.82) is 0 Å². The third kappa shape index (κ3) is 2.58. The summed E-state index contributed by atoms with van der Waals surface area (Å²) in [4.78, 5) is 11.7. The predicted octanol–water partition coefficient (Wildman–Crippen LogP) is 2.57. The quantitative estimate of drug-likeness (QED) is 0.896. The summed E-state index contributed by atoms with van der Waals surface area (Å²) in [5, 5.41) is 2.84. The molecule has 1 aliphatic rings. The molecular weight excluding hydrogens is 258 g/mol. The summed E-state index contributed by atoms with van der Waals surface area (Å²) < 4.78 is 6.18. The minimum atomic E-state index is -0.280. The second-order valence-corrected chi connectivity index (χ2v) is 4.33. The van der Waals surface area contributed by atoms with Gasteiger partial charge in [-0.2, -0.15) is 0 Å². The van der Waals surface area contributed by atoms with Crippen molar-refractivity contribution in [1.82, 2.24) is 0 Å². The van der Waals surface area contributed by atoms with E-state index in [9.17, 15) is 4.79 Å². The van der Waals surface area contributed by atoms with Crippen molar-refractivity contribution >= 4 is 27.5 Å². The van der Waals surface area contributed by atoms with Gasteiger partial charge >= 0.3 is 0 Å². The van der Waals surface area contributed by atoms with E-state index in [0.717, 1.165) is 23.0 Å². The van der Waals surface area contributed by atoms with Gasteiger partial charge < -0.3 is 10.1 Å². The summed E-state index contributed by atoms with van der Waals surface area (Å²) >= 11 is 3.38. The van der Waals surface area contributed by atoms with Crippen molar-refractivity contribution in [2.75, 3.05) is 11.9 Å². The summed E-state index contributed by atoms with van der Waals surface area (Å²) in [7, 11) is 0. The molecule has 2 rings (SSSR count). The van der Waals surface area contributed by atoms with Crippen LogP contribution in [0.5, 0.6) is 0 Å². The Balaban J connectivity index is 2.02. The number of carbonyl (C=O) groups excluding carboxylic acids is 1. The maximum Gasteiger partial charge on any atom is 0.253 e. The van der Waals surface area contributed by atoms with Gasteiger partial charge in [0.2, 0.25) is 0 Å². The highest BCUT2D eigenvalue weighted by Crippen LogP contribution is 2.22. The van der Waals surface area contributed by atoms with E-state index >= 15 is 0 Å². The number of ether oxygens (including phenoxy) is 1. The first-order valence-corrected chi connectivity index (χ1v) is 5.73. The SMILES string of the molecule is O=C(Nc1ccccc1Br)[C@H]1CCCO1. The first kappa shape index (κ1) is 10.6. The Morgan fingerprint density at radius 2 is 2.27 bits per heavy atom. The van der Waals surface area contributed by atoms with E-state index in [1.165, 1.54) is 0 Å². The second-order valence-electron chi connectivity index (χ2n) is 3.47. The van der Waals surface area contributed by atoms with Crippen LogP contribution in [0.25, 0.3) is 0 Å². The van der Waals surface area contributed by atoms with E-state index in [-0.39, 0.29) is 12.0 Å². The number of para-hydroxylation sites is 1. The molecule has 0 radical (unpaired) electrons. The van der Waals surface area contributed by atoms with E-state index in [4.69, 9.17) is 4.74 Å². The van der Waals surface area contributed by atoms with Crippen LogP contribution in [0.3, 0.4) is 0 Å². The van der Waals surface area contributed by atoms with Gasteiger partial charge in [-0.1, -0.05) is 12.1 Å². The molecule has 0 aliphatic carbocycles. The van der Waals surface area contributed by atoms with Crippen molar-refractivity contribution in [3.8, 4) is 0 Å². The molecule has 0 bridgehead atoms. The summed E-state index contributed by atoms with van der Waals surface area (Å²) in [6.07, 6.45) is 1.50. The lowest BCUT2D eigenvalue weighted by molar-refractivity contribution is -0.124. The topological polar surface area (TPSA) is 38.3 Å². The summed E-state index contributed by atoms with van der Waals surface area (Å²) in [6.45, 7) is 0.689. The van der Waals surface area contributed by atoms with Crippen LogP contribution in [0.4, 0.5) is 5.69 Å². The molecule has 1 atom stereocenters. The zero-order valence-corrected chi connectivity index (χ0v) is 9.79.